The maximum atomic E-state index is 13.4. The maximum absolute atomic E-state index is 13.4. The molecule has 3 aromatic carbocycles. The number of hydrogen-bond acceptors (Lipinski definition) is 5. The SMILES string of the molecule is CCOC(=O)[C@H]1OCC(=O)N(c2ccc(Oc3ccc(Cl)cc3)cc2)[C@H]1c1cccc(C(F)(F)F)c1. The Labute approximate surface area is 210 Å². The van der Waals surface area contributed by atoms with Gasteiger partial charge in [0.1, 0.15) is 18.1 Å². The summed E-state index contributed by atoms with van der Waals surface area (Å²) in [6, 6.07) is 16.4. The highest BCUT2D eigenvalue weighted by molar-refractivity contribution is 6.30. The summed E-state index contributed by atoms with van der Waals surface area (Å²) in [4.78, 5) is 26.9. The lowest BCUT2D eigenvalue weighted by Crippen LogP contribution is -2.52. The first-order chi connectivity index (χ1) is 17.2. The standard InChI is InChI=1S/C26H21ClF3NO5/c1-2-34-25(33)24-23(16-4-3-5-17(14-16)26(28,29)30)31(22(32)15-35-24)19-8-12-21(13-9-19)36-20-10-6-18(27)7-11-20/h3-14,23-24H,2,15H2,1H3/t23-,24-/m0/s1. The molecule has 0 aromatic heterocycles. The quantitative estimate of drug-likeness (QED) is 0.363. The third-order valence-electron chi connectivity index (χ3n) is 5.46. The number of hydrogen-bond donors (Lipinski definition) is 0. The first-order valence-electron chi connectivity index (χ1n) is 11.0. The number of amides is 1. The Balaban J connectivity index is 1.71. The van der Waals surface area contributed by atoms with Gasteiger partial charge >= 0.3 is 12.1 Å². The molecule has 1 aliphatic rings. The Morgan fingerprint density at radius 2 is 1.69 bits per heavy atom. The van der Waals surface area contributed by atoms with Crippen molar-refractivity contribution in [2.24, 2.45) is 0 Å². The fraction of sp³-hybridized carbons (Fsp3) is 0.231. The predicted octanol–water partition coefficient (Wildman–Crippen LogP) is 6.19. The van der Waals surface area contributed by atoms with E-state index in [2.05, 4.69) is 0 Å². The largest absolute Gasteiger partial charge is 0.464 e. The number of anilines is 1. The van der Waals surface area contributed by atoms with Gasteiger partial charge in [-0.3, -0.25) is 9.69 Å². The van der Waals surface area contributed by atoms with Crippen LogP contribution in [0.4, 0.5) is 18.9 Å². The van der Waals surface area contributed by atoms with Gasteiger partial charge in [-0.15, -0.1) is 0 Å². The average molecular weight is 520 g/mol. The molecule has 4 rings (SSSR count). The van der Waals surface area contributed by atoms with Crippen LogP contribution in [0.25, 0.3) is 0 Å². The number of nitrogens with zero attached hydrogens (tertiary/aromatic N) is 1. The monoisotopic (exact) mass is 519 g/mol. The van der Waals surface area contributed by atoms with Crippen LogP contribution in [-0.2, 0) is 25.2 Å². The number of rotatable bonds is 6. The molecule has 1 fully saturated rings. The molecule has 36 heavy (non-hydrogen) atoms. The van der Waals surface area contributed by atoms with Gasteiger partial charge in [-0.1, -0.05) is 23.7 Å². The zero-order valence-corrected chi connectivity index (χ0v) is 19.8. The molecule has 0 saturated carbocycles. The van der Waals surface area contributed by atoms with Crippen molar-refractivity contribution in [1.82, 2.24) is 0 Å². The highest BCUT2D eigenvalue weighted by Crippen LogP contribution is 2.38. The Morgan fingerprint density at radius 1 is 1.06 bits per heavy atom. The van der Waals surface area contributed by atoms with Crippen molar-refractivity contribution in [1.29, 1.82) is 0 Å². The first-order valence-corrected chi connectivity index (χ1v) is 11.4. The van der Waals surface area contributed by atoms with Crippen molar-refractivity contribution in [3.8, 4) is 11.5 Å². The third-order valence-corrected chi connectivity index (χ3v) is 5.71. The van der Waals surface area contributed by atoms with Gasteiger partial charge in [-0.05, 0) is 73.2 Å². The molecule has 10 heteroatoms. The Morgan fingerprint density at radius 3 is 2.31 bits per heavy atom. The summed E-state index contributed by atoms with van der Waals surface area (Å²) in [5.41, 5.74) is -0.479. The maximum Gasteiger partial charge on any atom is 0.416 e. The number of halogens is 4. The lowest BCUT2D eigenvalue weighted by molar-refractivity contribution is -0.163. The summed E-state index contributed by atoms with van der Waals surface area (Å²) in [6.07, 6.45) is -5.93. The van der Waals surface area contributed by atoms with Crippen molar-refractivity contribution in [3.05, 3.63) is 88.9 Å². The number of morpholine rings is 1. The van der Waals surface area contributed by atoms with Crippen LogP contribution >= 0.6 is 11.6 Å². The minimum absolute atomic E-state index is 0.0404. The fourth-order valence-electron chi connectivity index (χ4n) is 3.87. The van der Waals surface area contributed by atoms with E-state index < -0.39 is 42.4 Å². The van der Waals surface area contributed by atoms with Gasteiger partial charge in [0.05, 0.1) is 18.2 Å². The normalized spacial score (nSPS) is 18.1. The van der Waals surface area contributed by atoms with E-state index >= 15 is 0 Å². The van der Waals surface area contributed by atoms with Crippen LogP contribution in [0.15, 0.2) is 72.8 Å². The number of ether oxygens (including phenoxy) is 3. The van der Waals surface area contributed by atoms with Gasteiger partial charge in [0.15, 0.2) is 6.10 Å². The molecule has 1 amide bonds. The predicted molar refractivity (Wildman–Crippen MR) is 126 cm³/mol. The van der Waals surface area contributed by atoms with Crippen molar-refractivity contribution in [2.45, 2.75) is 25.2 Å². The second kappa shape index (κ2) is 10.6. The van der Waals surface area contributed by atoms with Gasteiger partial charge in [0.2, 0.25) is 0 Å². The van der Waals surface area contributed by atoms with E-state index in [0.29, 0.717) is 22.2 Å². The summed E-state index contributed by atoms with van der Waals surface area (Å²) in [5, 5.41) is 0.556. The molecule has 6 nitrogen and oxygen atoms in total. The highest BCUT2D eigenvalue weighted by atomic mass is 35.5. The summed E-state index contributed by atoms with van der Waals surface area (Å²) in [5.74, 6) is -0.303. The van der Waals surface area contributed by atoms with Gasteiger partial charge in [0.25, 0.3) is 5.91 Å². The minimum Gasteiger partial charge on any atom is -0.464 e. The minimum atomic E-state index is -4.61. The van der Waals surface area contributed by atoms with Gasteiger partial charge < -0.3 is 14.2 Å². The van der Waals surface area contributed by atoms with Crippen LogP contribution in [-0.4, -0.2) is 31.2 Å². The van der Waals surface area contributed by atoms with Crippen molar-refractivity contribution in [3.63, 3.8) is 0 Å². The molecule has 0 N–H and O–H groups in total. The van der Waals surface area contributed by atoms with E-state index in [1.54, 1.807) is 55.5 Å². The highest BCUT2D eigenvalue weighted by Gasteiger charge is 2.44. The first kappa shape index (κ1) is 25.5. The van der Waals surface area contributed by atoms with Crippen LogP contribution in [0.1, 0.15) is 24.1 Å². The molecule has 0 spiro atoms. The number of carbonyl (C=O) groups excluding carboxylic acids is 2. The van der Waals surface area contributed by atoms with Crippen molar-refractivity contribution < 1.29 is 37.0 Å². The van der Waals surface area contributed by atoms with E-state index in [1.165, 1.54) is 17.0 Å². The summed E-state index contributed by atoms with van der Waals surface area (Å²) >= 11 is 5.89. The van der Waals surface area contributed by atoms with E-state index in [1.807, 2.05) is 0 Å². The second-order valence-corrected chi connectivity index (χ2v) is 8.30. The van der Waals surface area contributed by atoms with Crippen LogP contribution < -0.4 is 9.64 Å². The third kappa shape index (κ3) is 5.63. The Bertz CT molecular complexity index is 1230. The fourth-order valence-corrected chi connectivity index (χ4v) is 4.00. The second-order valence-electron chi connectivity index (χ2n) is 7.87. The molecule has 188 valence electrons. The van der Waals surface area contributed by atoms with Gasteiger partial charge in [-0.2, -0.15) is 13.2 Å². The number of alkyl halides is 3. The van der Waals surface area contributed by atoms with Crippen LogP contribution in [0.2, 0.25) is 5.02 Å². The molecular formula is C26H21ClF3NO5. The van der Waals surface area contributed by atoms with E-state index in [0.717, 1.165) is 12.1 Å². The zero-order chi connectivity index (χ0) is 25.9. The Hall–Kier alpha value is -3.56. The van der Waals surface area contributed by atoms with Crippen molar-refractivity contribution in [2.75, 3.05) is 18.1 Å². The number of esters is 1. The Kier molecular flexibility index (Phi) is 7.51. The summed E-state index contributed by atoms with van der Waals surface area (Å²) in [6.45, 7) is 1.20. The molecule has 0 radical (unpaired) electrons. The molecule has 1 heterocycles. The van der Waals surface area contributed by atoms with Gasteiger partial charge in [0, 0.05) is 10.7 Å². The molecule has 0 aliphatic carbocycles. The van der Waals surface area contributed by atoms with E-state index in [4.69, 9.17) is 25.8 Å². The molecule has 2 atom stereocenters. The molecular weight excluding hydrogens is 499 g/mol. The summed E-state index contributed by atoms with van der Waals surface area (Å²) < 4.78 is 56.6. The molecule has 3 aromatic rings. The summed E-state index contributed by atoms with van der Waals surface area (Å²) in [7, 11) is 0. The number of benzene rings is 3. The number of carbonyl (C=O) groups is 2. The van der Waals surface area contributed by atoms with E-state index in [-0.39, 0.29) is 12.2 Å². The van der Waals surface area contributed by atoms with Crippen LogP contribution in [0.5, 0.6) is 11.5 Å². The lowest BCUT2D eigenvalue weighted by atomic mass is 9.95. The molecule has 1 saturated heterocycles. The van der Waals surface area contributed by atoms with Crippen molar-refractivity contribution >= 4 is 29.2 Å². The average Bonchev–Trinajstić information content (AvgIpc) is 2.85. The molecule has 1 aliphatic heterocycles. The van der Waals surface area contributed by atoms with Crippen LogP contribution in [0.3, 0.4) is 0 Å². The van der Waals surface area contributed by atoms with Gasteiger partial charge in [-0.25, -0.2) is 4.79 Å². The molecule has 0 unspecified atom stereocenters. The zero-order valence-electron chi connectivity index (χ0n) is 19.0. The lowest BCUT2D eigenvalue weighted by Gasteiger charge is -2.40. The van der Waals surface area contributed by atoms with E-state index in [9.17, 15) is 22.8 Å². The smallest absolute Gasteiger partial charge is 0.416 e. The topological polar surface area (TPSA) is 65.1 Å². The molecule has 0 bridgehead atoms. The van der Waals surface area contributed by atoms with Crippen LogP contribution in [0, 0.1) is 0 Å².